The molecule has 1 atom stereocenters. The van der Waals surface area contributed by atoms with E-state index in [4.69, 9.17) is 27.6 Å². The summed E-state index contributed by atoms with van der Waals surface area (Å²) < 4.78 is 31.6. The average Bonchev–Trinajstić information content (AvgIpc) is 3.02. The van der Waals surface area contributed by atoms with Crippen molar-refractivity contribution < 1.29 is 17.6 Å². The van der Waals surface area contributed by atoms with Gasteiger partial charge in [0.15, 0.2) is 0 Å². The lowest BCUT2D eigenvalue weighted by atomic mass is 10.2. The van der Waals surface area contributed by atoms with Crippen molar-refractivity contribution in [1.82, 2.24) is 10.0 Å². The summed E-state index contributed by atoms with van der Waals surface area (Å²) in [6.07, 6.45) is 1.49. The topological polar surface area (TPSA) is 88.4 Å². The van der Waals surface area contributed by atoms with Crippen LogP contribution in [0.15, 0.2) is 45.9 Å². The fraction of sp³-hybridized carbons (Fsp3) is 0.214. The summed E-state index contributed by atoms with van der Waals surface area (Å²) in [5.74, 6) is 0.0863. The third kappa shape index (κ3) is 4.71. The van der Waals surface area contributed by atoms with Gasteiger partial charge in [0.25, 0.3) is 0 Å². The molecule has 0 aliphatic rings. The fourth-order valence-corrected chi connectivity index (χ4v) is 3.16. The normalized spacial score (nSPS) is 12.8. The van der Waals surface area contributed by atoms with Gasteiger partial charge in [-0.15, -0.1) is 0 Å². The van der Waals surface area contributed by atoms with E-state index in [-0.39, 0.29) is 21.0 Å². The first-order chi connectivity index (χ1) is 10.8. The minimum absolute atomic E-state index is 0.0706. The lowest BCUT2D eigenvalue weighted by Gasteiger charge is -2.12. The molecule has 1 aromatic heterocycles. The third-order valence-electron chi connectivity index (χ3n) is 2.97. The minimum atomic E-state index is -3.86. The van der Waals surface area contributed by atoms with Crippen molar-refractivity contribution in [3.05, 3.63) is 52.4 Å². The Kier molecular flexibility index (Phi) is 5.69. The average molecular weight is 377 g/mol. The molecule has 0 unspecified atom stereocenters. The number of carbonyl (C=O) groups excluding carboxylic acids is 1. The first-order valence-electron chi connectivity index (χ1n) is 6.57. The maximum Gasteiger partial charge on any atom is 0.241 e. The van der Waals surface area contributed by atoms with Crippen molar-refractivity contribution in [2.75, 3.05) is 6.54 Å². The van der Waals surface area contributed by atoms with Gasteiger partial charge in [0.1, 0.15) is 5.76 Å². The van der Waals surface area contributed by atoms with Gasteiger partial charge in [-0.3, -0.25) is 4.79 Å². The zero-order valence-electron chi connectivity index (χ0n) is 12.0. The molecule has 2 N–H and O–H groups in total. The van der Waals surface area contributed by atoms with E-state index in [1.54, 1.807) is 19.1 Å². The molecule has 0 saturated carbocycles. The Morgan fingerprint density at radius 2 is 2.00 bits per heavy atom. The smallest absolute Gasteiger partial charge is 0.241 e. The van der Waals surface area contributed by atoms with E-state index < -0.39 is 22.5 Å². The van der Waals surface area contributed by atoms with E-state index in [9.17, 15) is 13.2 Å². The molecule has 6 nitrogen and oxygen atoms in total. The van der Waals surface area contributed by atoms with Crippen LogP contribution in [-0.2, 0) is 14.8 Å². The summed E-state index contributed by atoms with van der Waals surface area (Å²) in [6.45, 7) is 1.32. The molecule has 23 heavy (non-hydrogen) atoms. The number of nitrogens with one attached hydrogen (secondary N) is 2. The number of carbonyl (C=O) groups is 1. The Hall–Kier alpha value is -1.54. The number of halogens is 2. The van der Waals surface area contributed by atoms with Gasteiger partial charge in [0.2, 0.25) is 15.9 Å². The van der Waals surface area contributed by atoms with Crippen LogP contribution in [-0.4, -0.2) is 20.9 Å². The van der Waals surface area contributed by atoms with E-state index in [2.05, 4.69) is 10.0 Å². The second-order valence-corrected chi connectivity index (χ2v) is 7.29. The van der Waals surface area contributed by atoms with Gasteiger partial charge < -0.3 is 9.73 Å². The quantitative estimate of drug-likeness (QED) is 0.810. The van der Waals surface area contributed by atoms with Crippen LogP contribution in [0.2, 0.25) is 10.0 Å². The zero-order valence-corrected chi connectivity index (χ0v) is 14.4. The monoisotopic (exact) mass is 376 g/mol. The summed E-state index contributed by atoms with van der Waals surface area (Å²) in [6, 6.07) is 6.94. The Labute approximate surface area is 143 Å². The summed E-state index contributed by atoms with van der Waals surface area (Å²) in [5, 5.41) is 2.98. The Morgan fingerprint density at radius 1 is 1.26 bits per heavy atom. The SMILES string of the molecule is C[C@@H](NC(=O)CNS(=O)(=O)c1ccc(Cl)c(Cl)c1)c1ccco1. The number of rotatable bonds is 6. The molecule has 0 aliphatic carbocycles. The van der Waals surface area contributed by atoms with Crippen LogP contribution in [0.4, 0.5) is 0 Å². The van der Waals surface area contributed by atoms with Crippen molar-refractivity contribution in [1.29, 1.82) is 0 Å². The summed E-state index contributed by atoms with van der Waals surface area (Å²) in [4.78, 5) is 11.8. The maximum absolute atomic E-state index is 12.1. The highest BCUT2D eigenvalue weighted by Crippen LogP contribution is 2.24. The van der Waals surface area contributed by atoms with Gasteiger partial charge in [-0.1, -0.05) is 23.2 Å². The van der Waals surface area contributed by atoms with Crippen LogP contribution >= 0.6 is 23.2 Å². The van der Waals surface area contributed by atoms with Crippen molar-refractivity contribution in [2.24, 2.45) is 0 Å². The maximum atomic E-state index is 12.1. The summed E-state index contributed by atoms with van der Waals surface area (Å²) >= 11 is 11.5. The zero-order chi connectivity index (χ0) is 17.0. The number of benzene rings is 1. The van der Waals surface area contributed by atoms with E-state index in [0.29, 0.717) is 5.76 Å². The van der Waals surface area contributed by atoms with E-state index in [1.807, 2.05) is 0 Å². The molecular formula is C14H14Cl2N2O4S. The molecule has 1 aromatic carbocycles. The van der Waals surface area contributed by atoms with Gasteiger partial charge >= 0.3 is 0 Å². The number of hydrogen-bond acceptors (Lipinski definition) is 4. The number of sulfonamides is 1. The first kappa shape index (κ1) is 17.8. The highest BCUT2D eigenvalue weighted by molar-refractivity contribution is 7.89. The molecular weight excluding hydrogens is 363 g/mol. The molecule has 0 aliphatic heterocycles. The molecule has 0 saturated heterocycles. The van der Waals surface area contributed by atoms with Gasteiger partial charge in [-0.25, -0.2) is 13.1 Å². The molecule has 2 rings (SSSR count). The van der Waals surface area contributed by atoms with E-state index in [1.165, 1.54) is 24.5 Å². The molecule has 124 valence electrons. The molecule has 1 amide bonds. The van der Waals surface area contributed by atoms with Crippen molar-refractivity contribution >= 4 is 39.1 Å². The predicted molar refractivity (Wildman–Crippen MR) is 86.9 cm³/mol. The molecule has 0 fully saturated rings. The van der Waals surface area contributed by atoms with Crippen molar-refractivity contribution in [2.45, 2.75) is 17.9 Å². The highest BCUT2D eigenvalue weighted by Gasteiger charge is 2.18. The Morgan fingerprint density at radius 3 is 2.61 bits per heavy atom. The van der Waals surface area contributed by atoms with Crippen LogP contribution in [0.25, 0.3) is 0 Å². The Bertz CT molecular complexity index is 791. The van der Waals surface area contributed by atoms with Gasteiger partial charge in [0, 0.05) is 0 Å². The molecule has 0 spiro atoms. The molecule has 1 heterocycles. The van der Waals surface area contributed by atoms with Crippen molar-refractivity contribution in [3.8, 4) is 0 Å². The van der Waals surface area contributed by atoms with E-state index >= 15 is 0 Å². The van der Waals surface area contributed by atoms with Crippen LogP contribution in [0.5, 0.6) is 0 Å². The largest absolute Gasteiger partial charge is 0.467 e. The molecule has 2 aromatic rings. The summed E-state index contributed by atoms with van der Waals surface area (Å²) in [7, 11) is -3.86. The second kappa shape index (κ2) is 7.35. The summed E-state index contributed by atoms with van der Waals surface area (Å²) in [5.41, 5.74) is 0. The minimum Gasteiger partial charge on any atom is -0.467 e. The second-order valence-electron chi connectivity index (χ2n) is 4.71. The first-order valence-corrected chi connectivity index (χ1v) is 8.81. The van der Waals surface area contributed by atoms with Crippen LogP contribution < -0.4 is 10.0 Å². The molecule has 0 radical (unpaired) electrons. The van der Waals surface area contributed by atoms with Crippen molar-refractivity contribution in [3.63, 3.8) is 0 Å². The Balaban J connectivity index is 1.96. The highest BCUT2D eigenvalue weighted by atomic mass is 35.5. The fourth-order valence-electron chi connectivity index (χ4n) is 1.79. The van der Waals surface area contributed by atoms with Gasteiger partial charge in [0.05, 0.1) is 33.8 Å². The van der Waals surface area contributed by atoms with Crippen LogP contribution in [0.3, 0.4) is 0 Å². The predicted octanol–water partition coefficient (Wildman–Crippen LogP) is 2.74. The molecule has 0 bridgehead atoms. The third-order valence-corrected chi connectivity index (χ3v) is 5.11. The number of amides is 1. The number of furan rings is 1. The van der Waals surface area contributed by atoms with Gasteiger partial charge in [-0.2, -0.15) is 0 Å². The standard InChI is InChI=1S/C14H14Cl2N2O4S/c1-9(13-3-2-6-22-13)18-14(19)8-17-23(20,21)10-4-5-11(15)12(16)7-10/h2-7,9,17H,8H2,1H3,(H,18,19)/t9-/m1/s1. The van der Waals surface area contributed by atoms with Crippen LogP contribution in [0.1, 0.15) is 18.7 Å². The molecule has 9 heteroatoms. The van der Waals surface area contributed by atoms with Gasteiger partial charge in [-0.05, 0) is 37.3 Å². The van der Waals surface area contributed by atoms with E-state index in [0.717, 1.165) is 0 Å². The lowest BCUT2D eigenvalue weighted by molar-refractivity contribution is -0.120. The number of hydrogen-bond donors (Lipinski definition) is 2. The lowest BCUT2D eigenvalue weighted by Crippen LogP contribution is -2.37. The van der Waals surface area contributed by atoms with Crippen LogP contribution in [0, 0.1) is 0 Å².